The number of aryl methyl sites for hydroxylation is 1. The summed E-state index contributed by atoms with van der Waals surface area (Å²) < 4.78 is 33.4. The zero-order chi connectivity index (χ0) is 20.6. The molecule has 0 N–H and O–H groups in total. The highest BCUT2D eigenvalue weighted by atomic mass is 32.2. The molecule has 6 heteroatoms. The summed E-state index contributed by atoms with van der Waals surface area (Å²) in [6, 6.07) is 15.9. The number of carbonyl (C=O) groups is 1. The number of esters is 1. The lowest BCUT2D eigenvalue weighted by atomic mass is 9.84. The van der Waals surface area contributed by atoms with Crippen LogP contribution in [-0.2, 0) is 14.8 Å². The summed E-state index contributed by atoms with van der Waals surface area (Å²) in [5.74, 6) is -0.230. The minimum Gasteiger partial charge on any atom is -0.458 e. The van der Waals surface area contributed by atoms with Crippen molar-refractivity contribution in [1.82, 2.24) is 4.31 Å². The summed E-state index contributed by atoms with van der Waals surface area (Å²) in [7, 11) is -3.53. The van der Waals surface area contributed by atoms with Crippen molar-refractivity contribution in [3.8, 4) is 0 Å². The highest BCUT2D eigenvalue weighted by Crippen LogP contribution is 2.39. The number of hydrogen-bond acceptors (Lipinski definition) is 4. The quantitative estimate of drug-likeness (QED) is 0.564. The summed E-state index contributed by atoms with van der Waals surface area (Å²) >= 11 is 0. The van der Waals surface area contributed by atoms with E-state index in [0.29, 0.717) is 36.4 Å². The van der Waals surface area contributed by atoms with Crippen molar-refractivity contribution >= 4 is 16.0 Å². The van der Waals surface area contributed by atoms with E-state index in [-0.39, 0.29) is 18.0 Å². The third-order valence-electron chi connectivity index (χ3n) is 5.83. The van der Waals surface area contributed by atoms with E-state index in [1.165, 1.54) is 5.57 Å². The predicted octanol–water partition coefficient (Wildman–Crippen LogP) is 3.95. The highest BCUT2D eigenvalue weighted by molar-refractivity contribution is 7.89. The van der Waals surface area contributed by atoms with Crippen LogP contribution in [0.15, 0.2) is 70.6 Å². The van der Waals surface area contributed by atoms with E-state index in [4.69, 9.17) is 4.74 Å². The van der Waals surface area contributed by atoms with Crippen LogP contribution in [0.1, 0.15) is 35.7 Å². The summed E-state index contributed by atoms with van der Waals surface area (Å²) in [4.78, 5) is 12.7. The smallest absolute Gasteiger partial charge is 0.338 e. The van der Waals surface area contributed by atoms with E-state index in [1.54, 1.807) is 28.6 Å². The number of carbonyl (C=O) groups excluding carboxylic acids is 1. The molecular formula is C23H25NO4S. The summed E-state index contributed by atoms with van der Waals surface area (Å²) in [6.07, 6.45) is 1.09. The Morgan fingerprint density at radius 2 is 1.72 bits per heavy atom. The molecule has 1 fully saturated rings. The monoisotopic (exact) mass is 411 g/mol. The molecule has 0 amide bonds. The Labute approximate surface area is 172 Å². The van der Waals surface area contributed by atoms with Gasteiger partial charge in [0.1, 0.15) is 6.10 Å². The average molecular weight is 412 g/mol. The fourth-order valence-corrected chi connectivity index (χ4v) is 5.70. The first kappa shape index (κ1) is 19.9. The van der Waals surface area contributed by atoms with Crippen molar-refractivity contribution in [3.05, 3.63) is 76.9 Å². The first-order chi connectivity index (χ1) is 13.8. The van der Waals surface area contributed by atoms with Gasteiger partial charge in [0.15, 0.2) is 0 Å². The number of ether oxygens (including phenoxy) is 1. The molecule has 1 heterocycles. The van der Waals surface area contributed by atoms with Crippen LogP contribution in [-0.4, -0.2) is 37.9 Å². The lowest BCUT2D eigenvalue weighted by Gasteiger charge is -2.28. The molecular weight excluding hydrogens is 386 g/mol. The molecule has 29 heavy (non-hydrogen) atoms. The Hall–Kier alpha value is -2.44. The van der Waals surface area contributed by atoms with Crippen LogP contribution in [0.2, 0.25) is 0 Å². The minimum absolute atomic E-state index is 0.0950. The number of fused-ring (bicyclic) bond motifs is 1. The zero-order valence-corrected chi connectivity index (χ0v) is 17.5. The Bertz CT molecular complexity index is 1040. The SMILES string of the molecule is CC1=C2CN(S(=O)(=O)c3ccc(C)cc3)C[C@@H]2C[C@@H](OC(=O)c2ccccc2)C1. The molecule has 0 spiro atoms. The molecule has 5 nitrogen and oxygen atoms in total. The number of rotatable bonds is 4. The van der Waals surface area contributed by atoms with Crippen LogP contribution < -0.4 is 0 Å². The lowest BCUT2D eigenvalue weighted by Crippen LogP contribution is -2.30. The van der Waals surface area contributed by atoms with Crippen LogP contribution in [0.4, 0.5) is 0 Å². The van der Waals surface area contributed by atoms with Crippen molar-refractivity contribution in [2.24, 2.45) is 5.92 Å². The summed E-state index contributed by atoms with van der Waals surface area (Å²) in [5.41, 5.74) is 3.87. The molecule has 1 aliphatic heterocycles. The van der Waals surface area contributed by atoms with Gasteiger partial charge in [-0.1, -0.05) is 47.0 Å². The molecule has 0 aromatic heterocycles. The van der Waals surface area contributed by atoms with Gasteiger partial charge in [-0.25, -0.2) is 13.2 Å². The molecule has 2 aromatic rings. The fraction of sp³-hybridized carbons (Fsp3) is 0.348. The van der Waals surface area contributed by atoms with Gasteiger partial charge >= 0.3 is 5.97 Å². The number of sulfonamides is 1. The molecule has 1 saturated heterocycles. The Balaban J connectivity index is 1.48. The van der Waals surface area contributed by atoms with E-state index < -0.39 is 10.0 Å². The Morgan fingerprint density at radius 3 is 2.41 bits per heavy atom. The van der Waals surface area contributed by atoms with Gasteiger partial charge in [0.2, 0.25) is 10.0 Å². The minimum atomic E-state index is -3.53. The van der Waals surface area contributed by atoms with Gasteiger partial charge in [0, 0.05) is 19.5 Å². The molecule has 2 aromatic carbocycles. The third-order valence-corrected chi connectivity index (χ3v) is 7.66. The normalized spacial score (nSPS) is 22.4. The van der Waals surface area contributed by atoms with Gasteiger partial charge in [-0.3, -0.25) is 0 Å². The molecule has 0 unspecified atom stereocenters. The molecule has 1 aliphatic carbocycles. The van der Waals surface area contributed by atoms with E-state index in [9.17, 15) is 13.2 Å². The fourth-order valence-electron chi connectivity index (χ4n) is 4.24. The Morgan fingerprint density at radius 1 is 1.03 bits per heavy atom. The maximum atomic E-state index is 13.1. The second-order valence-electron chi connectivity index (χ2n) is 7.95. The van der Waals surface area contributed by atoms with Crippen LogP contribution in [0.25, 0.3) is 0 Å². The molecule has 0 bridgehead atoms. The summed E-state index contributed by atoms with van der Waals surface area (Å²) in [5, 5.41) is 0. The standard InChI is InChI=1S/C23H25NO4S/c1-16-8-10-21(11-9-16)29(26,27)24-14-19-13-20(12-17(2)22(19)15-24)28-23(25)18-6-4-3-5-7-18/h3-11,19-20H,12-15H2,1-2H3/t19-,20-/m0/s1. The van der Waals surface area contributed by atoms with Gasteiger partial charge in [-0.15, -0.1) is 0 Å². The molecule has 0 saturated carbocycles. The number of benzene rings is 2. The van der Waals surface area contributed by atoms with E-state index in [0.717, 1.165) is 11.1 Å². The molecule has 152 valence electrons. The van der Waals surface area contributed by atoms with Crippen molar-refractivity contribution in [2.75, 3.05) is 13.1 Å². The topological polar surface area (TPSA) is 63.7 Å². The first-order valence-electron chi connectivity index (χ1n) is 9.86. The van der Waals surface area contributed by atoms with Crippen molar-refractivity contribution in [3.63, 3.8) is 0 Å². The van der Waals surface area contributed by atoms with Gasteiger partial charge in [0.25, 0.3) is 0 Å². The van der Waals surface area contributed by atoms with Crippen molar-refractivity contribution in [2.45, 2.75) is 37.7 Å². The van der Waals surface area contributed by atoms with Crippen LogP contribution in [0, 0.1) is 12.8 Å². The maximum Gasteiger partial charge on any atom is 0.338 e. The van der Waals surface area contributed by atoms with Crippen molar-refractivity contribution in [1.29, 1.82) is 0 Å². The Kier molecular flexibility index (Phi) is 5.32. The van der Waals surface area contributed by atoms with Gasteiger partial charge in [-0.2, -0.15) is 4.31 Å². The molecule has 4 rings (SSSR count). The van der Waals surface area contributed by atoms with Gasteiger partial charge in [0.05, 0.1) is 10.5 Å². The van der Waals surface area contributed by atoms with Crippen LogP contribution in [0.3, 0.4) is 0 Å². The van der Waals surface area contributed by atoms with Crippen molar-refractivity contribution < 1.29 is 17.9 Å². The van der Waals surface area contributed by atoms with Crippen LogP contribution in [0.5, 0.6) is 0 Å². The van der Waals surface area contributed by atoms with E-state index in [1.807, 2.05) is 44.2 Å². The average Bonchev–Trinajstić information content (AvgIpc) is 3.15. The maximum absolute atomic E-state index is 13.1. The number of nitrogens with zero attached hydrogens (tertiary/aromatic N) is 1. The largest absolute Gasteiger partial charge is 0.458 e. The third kappa shape index (κ3) is 4.00. The lowest BCUT2D eigenvalue weighted by molar-refractivity contribution is 0.0240. The van der Waals surface area contributed by atoms with Gasteiger partial charge < -0.3 is 4.74 Å². The zero-order valence-electron chi connectivity index (χ0n) is 16.7. The molecule has 2 atom stereocenters. The van der Waals surface area contributed by atoms with Gasteiger partial charge in [-0.05, 0) is 50.5 Å². The summed E-state index contributed by atoms with van der Waals surface area (Å²) in [6.45, 7) is 4.81. The van der Waals surface area contributed by atoms with E-state index >= 15 is 0 Å². The highest BCUT2D eigenvalue weighted by Gasteiger charge is 2.40. The first-order valence-corrected chi connectivity index (χ1v) is 11.3. The second kappa shape index (κ2) is 7.76. The second-order valence-corrected chi connectivity index (χ2v) is 9.88. The van der Waals surface area contributed by atoms with Crippen LogP contribution >= 0.6 is 0 Å². The molecule has 0 radical (unpaired) electrons. The number of hydrogen-bond donors (Lipinski definition) is 0. The molecule has 2 aliphatic rings. The van der Waals surface area contributed by atoms with E-state index in [2.05, 4.69) is 0 Å². The predicted molar refractivity (Wildman–Crippen MR) is 111 cm³/mol.